The van der Waals surface area contributed by atoms with E-state index < -0.39 is 0 Å². The number of ether oxygens (including phenoxy) is 1. The molecule has 0 bridgehead atoms. The molecular formula is C16H22N2O2S. The van der Waals surface area contributed by atoms with E-state index in [4.69, 9.17) is 4.74 Å². The standard InChI is InChI=1S/C16H22N2O2S/c19-15-6-1-7-18(15)14-11-17(10-12-4-3-9-21-12)13-5-2-8-20-16(13)14/h3-4,9,13-14,16H,1-2,5-8,10-11H2/t13-,14-,16+/m1/s1. The predicted molar refractivity (Wildman–Crippen MR) is 82.2 cm³/mol. The molecule has 0 saturated carbocycles. The highest BCUT2D eigenvalue weighted by Crippen LogP contribution is 2.34. The van der Waals surface area contributed by atoms with E-state index in [0.29, 0.717) is 11.9 Å². The zero-order valence-corrected chi connectivity index (χ0v) is 13.1. The van der Waals surface area contributed by atoms with Crippen molar-refractivity contribution in [2.24, 2.45) is 0 Å². The Bertz CT molecular complexity index is 504. The Hall–Kier alpha value is -0.910. The summed E-state index contributed by atoms with van der Waals surface area (Å²) >= 11 is 1.82. The SMILES string of the molecule is O=C1CCCN1[C@@H]1CN(Cc2cccs2)[C@@H]2CCCO[C@@H]21. The van der Waals surface area contributed by atoms with Gasteiger partial charge < -0.3 is 9.64 Å². The van der Waals surface area contributed by atoms with E-state index in [1.807, 2.05) is 11.3 Å². The molecule has 21 heavy (non-hydrogen) atoms. The molecule has 0 N–H and O–H groups in total. The van der Waals surface area contributed by atoms with E-state index in [-0.39, 0.29) is 12.1 Å². The summed E-state index contributed by atoms with van der Waals surface area (Å²) in [6.07, 6.45) is 4.30. The van der Waals surface area contributed by atoms with E-state index in [9.17, 15) is 4.79 Å². The van der Waals surface area contributed by atoms with E-state index in [2.05, 4.69) is 27.3 Å². The zero-order valence-electron chi connectivity index (χ0n) is 12.2. The van der Waals surface area contributed by atoms with Crippen molar-refractivity contribution in [3.63, 3.8) is 0 Å². The fourth-order valence-electron chi connectivity index (χ4n) is 4.10. The topological polar surface area (TPSA) is 32.8 Å². The fourth-order valence-corrected chi connectivity index (χ4v) is 4.83. The van der Waals surface area contributed by atoms with Crippen LogP contribution in [0.2, 0.25) is 0 Å². The summed E-state index contributed by atoms with van der Waals surface area (Å²) in [6, 6.07) is 5.08. The van der Waals surface area contributed by atoms with E-state index in [1.165, 1.54) is 11.3 Å². The van der Waals surface area contributed by atoms with Crippen LogP contribution in [0.15, 0.2) is 17.5 Å². The number of hydrogen-bond donors (Lipinski definition) is 0. The highest BCUT2D eigenvalue weighted by molar-refractivity contribution is 7.09. The lowest BCUT2D eigenvalue weighted by molar-refractivity contribution is -0.132. The highest BCUT2D eigenvalue weighted by atomic mass is 32.1. The second kappa shape index (κ2) is 5.71. The maximum absolute atomic E-state index is 12.1. The van der Waals surface area contributed by atoms with E-state index in [0.717, 1.165) is 45.5 Å². The number of likely N-dealkylation sites (tertiary alicyclic amines) is 2. The van der Waals surface area contributed by atoms with Crippen molar-refractivity contribution in [2.75, 3.05) is 19.7 Å². The van der Waals surface area contributed by atoms with Gasteiger partial charge in [0.2, 0.25) is 5.91 Å². The van der Waals surface area contributed by atoms with Crippen LogP contribution in [-0.4, -0.2) is 53.6 Å². The number of fused-ring (bicyclic) bond motifs is 1. The van der Waals surface area contributed by atoms with E-state index in [1.54, 1.807) is 0 Å². The summed E-state index contributed by atoms with van der Waals surface area (Å²) in [5, 5.41) is 2.14. The van der Waals surface area contributed by atoms with Crippen LogP contribution in [0.3, 0.4) is 0 Å². The number of amides is 1. The lowest BCUT2D eigenvalue weighted by atomic mass is 10.00. The molecule has 3 atom stereocenters. The van der Waals surface area contributed by atoms with Crippen LogP contribution >= 0.6 is 11.3 Å². The Kier molecular flexibility index (Phi) is 3.73. The summed E-state index contributed by atoms with van der Waals surface area (Å²) in [5.74, 6) is 0.325. The molecule has 1 amide bonds. The Morgan fingerprint density at radius 3 is 3.05 bits per heavy atom. The Morgan fingerprint density at radius 2 is 2.29 bits per heavy atom. The van der Waals surface area contributed by atoms with Crippen molar-refractivity contribution < 1.29 is 9.53 Å². The first-order valence-corrected chi connectivity index (χ1v) is 8.88. The van der Waals surface area contributed by atoms with Crippen LogP contribution in [-0.2, 0) is 16.1 Å². The molecule has 3 aliphatic rings. The molecular weight excluding hydrogens is 284 g/mol. The van der Waals surface area contributed by atoms with Gasteiger partial charge in [0.25, 0.3) is 0 Å². The Balaban J connectivity index is 1.54. The van der Waals surface area contributed by atoms with Gasteiger partial charge in [0.15, 0.2) is 0 Å². The van der Waals surface area contributed by atoms with Gasteiger partial charge >= 0.3 is 0 Å². The smallest absolute Gasteiger partial charge is 0.223 e. The first-order valence-electron chi connectivity index (χ1n) is 8.00. The van der Waals surface area contributed by atoms with Crippen LogP contribution in [0, 0.1) is 0 Å². The normalized spacial score (nSPS) is 33.6. The lowest BCUT2D eigenvalue weighted by Gasteiger charge is -2.34. The molecule has 3 fully saturated rings. The highest BCUT2D eigenvalue weighted by Gasteiger charge is 2.48. The maximum atomic E-state index is 12.1. The number of carbonyl (C=O) groups is 1. The van der Waals surface area contributed by atoms with Gasteiger partial charge in [-0.2, -0.15) is 0 Å². The molecule has 3 aliphatic heterocycles. The van der Waals surface area contributed by atoms with Gasteiger partial charge in [0, 0.05) is 43.6 Å². The van der Waals surface area contributed by atoms with Crippen molar-refractivity contribution >= 4 is 17.2 Å². The minimum Gasteiger partial charge on any atom is -0.374 e. The fraction of sp³-hybridized carbons (Fsp3) is 0.688. The van der Waals surface area contributed by atoms with Crippen molar-refractivity contribution in [3.8, 4) is 0 Å². The molecule has 3 saturated heterocycles. The number of nitrogens with zero attached hydrogens (tertiary/aromatic N) is 2. The van der Waals surface area contributed by atoms with Gasteiger partial charge in [0.05, 0.1) is 12.1 Å². The number of carbonyl (C=O) groups excluding carboxylic acids is 1. The first-order chi connectivity index (χ1) is 10.3. The van der Waals surface area contributed by atoms with Crippen molar-refractivity contribution in [2.45, 2.75) is 50.4 Å². The Morgan fingerprint density at radius 1 is 1.33 bits per heavy atom. The molecule has 0 radical (unpaired) electrons. The molecule has 0 aromatic carbocycles. The molecule has 4 rings (SSSR count). The van der Waals surface area contributed by atoms with Gasteiger partial charge in [0.1, 0.15) is 0 Å². The second-order valence-corrected chi connectivity index (χ2v) is 7.34. The third-order valence-electron chi connectivity index (χ3n) is 5.05. The molecule has 0 unspecified atom stereocenters. The summed E-state index contributed by atoms with van der Waals surface area (Å²) in [4.78, 5) is 18.2. The largest absolute Gasteiger partial charge is 0.374 e. The monoisotopic (exact) mass is 306 g/mol. The minimum atomic E-state index is 0.223. The minimum absolute atomic E-state index is 0.223. The molecule has 0 spiro atoms. The summed E-state index contributed by atoms with van der Waals surface area (Å²) in [7, 11) is 0. The quantitative estimate of drug-likeness (QED) is 0.857. The number of thiophene rings is 1. The molecule has 114 valence electrons. The predicted octanol–water partition coefficient (Wildman–Crippen LogP) is 2.10. The summed E-state index contributed by atoms with van der Waals surface area (Å²) in [6.45, 7) is 3.75. The van der Waals surface area contributed by atoms with Crippen LogP contribution in [0.5, 0.6) is 0 Å². The molecule has 1 aromatic heterocycles. The Labute approximate surface area is 129 Å². The van der Waals surface area contributed by atoms with Crippen molar-refractivity contribution in [1.82, 2.24) is 9.80 Å². The summed E-state index contributed by atoms with van der Waals surface area (Å²) < 4.78 is 6.09. The van der Waals surface area contributed by atoms with Crippen LogP contribution in [0.25, 0.3) is 0 Å². The molecule has 1 aromatic rings. The third kappa shape index (κ3) is 2.51. The van der Waals surface area contributed by atoms with Crippen molar-refractivity contribution in [3.05, 3.63) is 22.4 Å². The number of hydrogen-bond acceptors (Lipinski definition) is 4. The van der Waals surface area contributed by atoms with Crippen LogP contribution in [0.1, 0.15) is 30.6 Å². The van der Waals surface area contributed by atoms with Crippen LogP contribution < -0.4 is 0 Å². The average Bonchev–Trinajstić information content (AvgIpc) is 3.21. The molecule has 4 nitrogen and oxygen atoms in total. The summed E-state index contributed by atoms with van der Waals surface area (Å²) in [5.41, 5.74) is 0. The van der Waals surface area contributed by atoms with Gasteiger partial charge in [-0.1, -0.05) is 6.07 Å². The molecule has 0 aliphatic carbocycles. The lowest BCUT2D eigenvalue weighted by Crippen LogP contribution is -2.48. The zero-order chi connectivity index (χ0) is 14.2. The van der Waals surface area contributed by atoms with Gasteiger partial charge in [-0.25, -0.2) is 0 Å². The van der Waals surface area contributed by atoms with Gasteiger partial charge in [-0.05, 0) is 30.7 Å². The second-order valence-electron chi connectivity index (χ2n) is 6.31. The van der Waals surface area contributed by atoms with Crippen molar-refractivity contribution in [1.29, 1.82) is 0 Å². The van der Waals surface area contributed by atoms with E-state index >= 15 is 0 Å². The maximum Gasteiger partial charge on any atom is 0.223 e. The first kappa shape index (κ1) is 13.7. The van der Waals surface area contributed by atoms with Gasteiger partial charge in [-0.15, -0.1) is 11.3 Å². The van der Waals surface area contributed by atoms with Crippen LogP contribution in [0.4, 0.5) is 0 Å². The molecule has 5 heteroatoms. The average molecular weight is 306 g/mol. The third-order valence-corrected chi connectivity index (χ3v) is 5.91. The van der Waals surface area contributed by atoms with Gasteiger partial charge in [-0.3, -0.25) is 9.69 Å². The molecule has 4 heterocycles. The number of rotatable bonds is 3.